The lowest BCUT2D eigenvalue weighted by molar-refractivity contribution is 0.0532. The number of thiophene rings is 1. The second-order valence-electron chi connectivity index (χ2n) is 5.10. The smallest absolute Gasteiger partial charge is 0.407 e. The van der Waals surface area contributed by atoms with Gasteiger partial charge in [-0.2, -0.15) is 0 Å². The van der Waals surface area contributed by atoms with Crippen molar-refractivity contribution in [2.45, 2.75) is 20.0 Å². The molecule has 1 N–H and O–H groups in total. The molecule has 0 aliphatic heterocycles. The maximum atomic E-state index is 11.6. The molecule has 0 saturated heterocycles. The van der Waals surface area contributed by atoms with E-state index in [2.05, 4.69) is 5.32 Å². The molecule has 1 aromatic heterocycles. The van der Waals surface area contributed by atoms with Gasteiger partial charge in [0.05, 0.1) is 6.61 Å². The molecule has 1 heterocycles. The Morgan fingerprint density at radius 2 is 1.92 bits per heavy atom. The molecule has 0 atom stereocenters. The summed E-state index contributed by atoms with van der Waals surface area (Å²) in [5.41, 5.74) is 0.952. The van der Waals surface area contributed by atoms with E-state index in [9.17, 15) is 9.59 Å². The highest BCUT2D eigenvalue weighted by Gasteiger charge is 2.08. The lowest BCUT2D eigenvalue weighted by atomic mass is 10.2. The maximum absolute atomic E-state index is 11.6. The van der Waals surface area contributed by atoms with Crippen molar-refractivity contribution in [2.75, 3.05) is 13.2 Å². The first kappa shape index (κ1) is 18.7. The van der Waals surface area contributed by atoms with Crippen molar-refractivity contribution in [1.29, 1.82) is 0 Å². The van der Waals surface area contributed by atoms with Crippen LogP contribution in [0.4, 0.5) is 4.79 Å². The molecule has 0 fully saturated rings. The van der Waals surface area contributed by atoms with E-state index >= 15 is 0 Å². The zero-order chi connectivity index (χ0) is 17.9. The van der Waals surface area contributed by atoms with Crippen LogP contribution in [-0.2, 0) is 16.1 Å². The number of carbonyl (C=O) groups excluding carboxylic acids is 2. The highest BCUT2D eigenvalue weighted by atomic mass is 32.1. The zero-order valence-corrected chi connectivity index (χ0v) is 14.9. The SMILES string of the molecule is CCOC(=O)c1ccc(C=CCCNC(=O)OCc2ccccc2)s1. The molecular weight excluding hydrogens is 338 g/mol. The van der Waals surface area contributed by atoms with Gasteiger partial charge in [-0.05, 0) is 37.1 Å². The highest BCUT2D eigenvalue weighted by molar-refractivity contribution is 7.14. The van der Waals surface area contributed by atoms with Crippen LogP contribution in [0.1, 0.15) is 33.5 Å². The largest absolute Gasteiger partial charge is 0.462 e. The fraction of sp³-hybridized carbons (Fsp3) is 0.263. The fourth-order valence-electron chi connectivity index (χ4n) is 1.99. The average molecular weight is 359 g/mol. The molecule has 2 aromatic rings. The Balaban J connectivity index is 1.64. The molecule has 6 heteroatoms. The monoisotopic (exact) mass is 359 g/mol. The molecule has 2 rings (SSSR count). The molecular formula is C19H21NO4S. The minimum absolute atomic E-state index is 0.258. The van der Waals surface area contributed by atoms with Gasteiger partial charge in [0.1, 0.15) is 11.5 Å². The van der Waals surface area contributed by atoms with Crippen LogP contribution >= 0.6 is 11.3 Å². The van der Waals surface area contributed by atoms with Crippen molar-refractivity contribution >= 4 is 29.5 Å². The maximum Gasteiger partial charge on any atom is 0.407 e. The molecule has 0 unspecified atom stereocenters. The predicted molar refractivity (Wildman–Crippen MR) is 98.6 cm³/mol. The molecule has 25 heavy (non-hydrogen) atoms. The fourth-order valence-corrected chi connectivity index (χ4v) is 2.82. The van der Waals surface area contributed by atoms with Gasteiger partial charge in [-0.15, -0.1) is 11.3 Å². The third-order valence-electron chi connectivity index (χ3n) is 3.18. The molecule has 5 nitrogen and oxygen atoms in total. The van der Waals surface area contributed by atoms with E-state index in [0.29, 0.717) is 24.4 Å². The normalized spacial score (nSPS) is 10.6. The summed E-state index contributed by atoms with van der Waals surface area (Å²) in [5.74, 6) is -0.296. The number of benzene rings is 1. The van der Waals surface area contributed by atoms with E-state index in [1.54, 1.807) is 13.0 Å². The van der Waals surface area contributed by atoms with Gasteiger partial charge in [0.2, 0.25) is 0 Å². The summed E-state index contributed by atoms with van der Waals surface area (Å²) in [7, 11) is 0. The van der Waals surface area contributed by atoms with Crippen LogP contribution in [0.2, 0.25) is 0 Å². The molecule has 0 aliphatic rings. The van der Waals surface area contributed by atoms with Crippen LogP contribution in [0.3, 0.4) is 0 Å². The number of alkyl carbamates (subject to hydrolysis) is 1. The van der Waals surface area contributed by atoms with Crippen LogP contribution in [0.15, 0.2) is 48.5 Å². The van der Waals surface area contributed by atoms with Gasteiger partial charge < -0.3 is 14.8 Å². The van der Waals surface area contributed by atoms with Crippen molar-refractivity contribution in [1.82, 2.24) is 5.32 Å². The van der Waals surface area contributed by atoms with Crippen LogP contribution < -0.4 is 5.32 Å². The highest BCUT2D eigenvalue weighted by Crippen LogP contribution is 2.19. The standard InChI is InChI=1S/C19H21NO4S/c1-2-23-18(21)17-12-11-16(25-17)10-6-7-13-20-19(22)24-14-15-8-4-3-5-9-15/h3-6,8-12H,2,7,13-14H2,1H3,(H,20,22). The summed E-state index contributed by atoms with van der Waals surface area (Å²) in [6, 6.07) is 13.2. The first-order valence-electron chi connectivity index (χ1n) is 8.07. The second-order valence-corrected chi connectivity index (χ2v) is 6.22. The number of hydrogen-bond acceptors (Lipinski definition) is 5. The Labute approximate surface area is 151 Å². The van der Waals surface area contributed by atoms with Gasteiger partial charge in [-0.1, -0.05) is 36.4 Å². The average Bonchev–Trinajstić information content (AvgIpc) is 3.10. The Hall–Kier alpha value is -2.60. The number of ether oxygens (including phenoxy) is 2. The molecule has 0 aliphatic carbocycles. The van der Waals surface area contributed by atoms with Crippen LogP contribution in [0, 0.1) is 0 Å². The molecule has 0 bridgehead atoms. The Morgan fingerprint density at radius 1 is 1.12 bits per heavy atom. The Morgan fingerprint density at radius 3 is 2.68 bits per heavy atom. The zero-order valence-electron chi connectivity index (χ0n) is 14.1. The van der Waals surface area contributed by atoms with Crippen LogP contribution in [0.5, 0.6) is 0 Å². The third kappa shape index (κ3) is 6.81. The van der Waals surface area contributed by atoms with Crippen LogP contribution in [-0.4, -0.2) is 25.2 Å². The van der Waals surface area contributed by atoms with Crippen molar-refractivity contribution in [3.05, 3.63) is 63.9 Å². The summed E-state index contributed by atoms with van der Waals surface area (Å²) < 4.78 is 10.1. The van der Waals surface area contributed by atoms with Gasteiger partial charge in [0.25, 0.3) is 0 Å². The van der Waals surface area contributed by atoms with E-state index < -0.39 is 6.09 Å². The molecule has 0 radical (unpaired) electrons. The minimum Gasteiger partial charge on any atom is -0.462 e. The van der Waals surface area contributed by atoms with Crippen molar-refractivity contribution < 1.29 is 19.1 Å². The van der Waals surface area contributed by atoms with E-state index in [1.165, 1.54) is 11.3 Å². The topological polar surface area (TPSA) is 64.6 Å². The summed E-state index contributed by atoms with van der Waals surface area (Å²) in [5, 5.41) is 2.70. The minimum atomic E-state index is -0.432. The third-order valence-corrected chi connectivity index (χ3v) is 4.21. The lowest BCUT2D eigenvalue weighted by Crippen LogP contribution is -2.24. The van der Waals surface area contributed by atoms with E-state index in [0.717, 1.165) is 10.4 Å². The Bertz CT molecular complexity index is 709. The number of nitrogens with one attached hydrogen (secondary N) is 1. The number of esters is 1. The van der Waals surface area contributed by atoms with Crippen molar-refractivity contribution in [3.63, 3.8) is 0 Å². The summed E-state index contributed by atoms with van der Waals surface area (Å²) in [6.45, 7) is 2.90. The summed E-state index contributed by atoms with van der Waals surface area (Å²) >= 11 is 1.38. The first-order valence-corrected chi connectivity index (χ1v) is 8.88. The Kier molecular flexibility index (Phi) is 7.72. The van der Waals surface area contributed by atoms with Gasteiger partial charge >= 0.3 is 12.1 Å². The molecule has 1 aromatic carbocycles. The quantitative estimate of drug-likeness (QED) is 0.565. The number of carbonyl (C=O) groups is 2. The number of hydrogen-bond donors (Lipinski definition) is 1. The second kappa shape index (κ2) is 10.3. The van der Waals surface area contributed by atoms with E-state index in [-0.39, 0.29) is 12.6 Å². The molecule has 1 amide bonds. The van der Waals surface area contributed by atoms with E-state index in [1.807, 2.05) is 48.6 Å². The summed E-state index contributed by atoms with van der Waals surface area (Å²) in [4.78, 5) is 24.7. The lowest BCUT2D eigenvalue weighted by Gasteiger charge is -2.05. The molecule has 132 valence electrons. The van der Waals surface area contributed by atoms with Crippen molar-refractivity contribution in [2.24, 2.45) is 0 Å². The molecule has 0 spiro atoms. The van der Waals surface area contributed by atoms with E-state index in [4.69, 9.17) is 9.47 Å². The number of amides is 1. The van der Waals surface area contributed by atoms with Gasteiger partial charge in [0, 0.05) is 11.4 Å². The molecule has 0 saturated carbocycles. The predicted octanol–water partition coefficient (Wildman–Crippen LogP) is 4.25. The first-order chi connectivity index (χ1) is 12.2. The van der Waals surface area contributed by atoms with Gasteiger partial charge in [-0.25, -0.2) is 9.59 Å². The number of rotatable bonds is 8. The van der Waals surface area contributed by atoms with Gasteiger partial charge in [0.15, 0.2) is 0 Å². The van der Waals surface area contributed by atoms with Crippen LogP contribution in [0.25, 0.3) is 6.08 Å². The summed E-state index contributed by atoms with van der Waals surface area (Å²) in [6.07, 6.45) is 4.10. The van der Waals surface area contributed by atoms with Gasteiger partial charge in [-0.3, -0.25) is 0 Å². The van der Waals surface area contributed by atoms with Crippen molar-refractivity contribution in [3.8, 4) is 0 Å².